The Morgan fingerprint density at radius 2 is 1.75 bits per heavy atom. The number of halogens is 3. The number of aryl methyl sites for hydroxylation is 1. The minimum Gasteiger partial charge on any atom is -0.313 e. The summed E-state index contributed by atoms with van der Waals surface area (Å²) in [5.74, 6) is -0.498. The van der Waals surface area contributed by atoms with Crippen molar-refractivity contribution in [2.75, 3.05) is 7.05 Å². The Hall–Kier alpha value is -1.26. The first-order valence-corrected chi connectivity index (χ1v) is 7.18. The Kier molecular flexibility index (Phi) is 4.89. The predicted molar refractivity (Wildman–Crippen MR) is 80.7 cm³/mol. The van der Waals surface area contributed by atoms with Gasteiger partial charge in [0.2, 0.25) is 0 Å². The van der Waals surface area contributed by atoms with Crippen molar-refractivity contribution in [2.24, 2.45) is 0 Å². The zero-order chi connectivity index (χ0) is 14.7. The molecule has 0 saturated heterocycles. The number of likely N-dealkylation sites (N-methyl/N-ethyl adjacent to an activating group) is 1. The third-order valence-corrected chi connectivity index (χ3v) is 4.16. The molecule has 0 radical (unpaired) electrons. The van der Waals surface area contributed by atoms with Gasteiger partial charge in [-0.2, -0.15) is 0 Å². The Morgan fingerprint density at radius 3 is 2.40 bits per heavy atom. The van der Waals surface area contributed by atoms with Gasteiger partial charge in [0.15, 0.2) is 0 Å². The summed E-state index contributed by atoms with van der Waals surface area (Å²) in [5, 5.41) is 3.21. The molecule has 1 unspecified atom stereocenters. The second kappa shape index (κ2) is 6.46. The van der Waals surface area contributed by atoms with Crippen LogP contribution in [0.25, 0.3) is 0 Å². The lowest BCUT2D eigenvalue weighted by atomic mass is 9.95. The quantitative estimate of drug-likeness (QED) is 0.862. The molecule has 0 aliphatic carbocycles. The third-order valence-electron chi connectivity index (χ3n) is 3.39. The van der Waals surface area contributed by atoms with Gasteiger partial charge in [-0.15, -0.1) is 0 Å². The van der Waals surface area contributed by atoms with Gasteiger partial charge in [-0.25, -0.2) is 8.78 Å². The Balaban J connectivity index is 2.31. The highest BCUT2D eigenvalue weighted by atomic mass is 79.9. The predicted octanol–water partition coefficient (Wildman–Crippen LogP) is 4.54. The summed E-state index contributed by atoms with van der Waals surface area (Å²) in [5.41, 5.74) is 2.79. The van der Waals surface area contributed by atoms with E-state index in [-0.39, 0.29) is 17.7 Å². The van der Waals surface area contributed by atoms with Crippen LogP contribution in [0.1, 0.15) is 22.7 Å². The van der Waals surface area contributed by atoms with Crippen molar-refractivity contribution in [1.82, 2.24) is 5.32 Å². The van der Waals surface area contributed by atoms with Gasteiger partial charge in [0.05, 0.1) is 0 Å². The topological polar surface area (TPSA) is 12.0 Å². The molecule has 1 N–H and O–H groups in total. The van der Waals surface area contributed by atoms with Crippen LogP contribution in [0.4, 0.5) is 8.78 Å². The summed E-state index contributed by atoms with van der Waals surface area (Å²) in [7, 11) is 1.85. The summed E-state index contributed by atoms with van der Waals surface area (Å²) in [6.45, 7) is 1.88. The molecular weight excluding hydrogens is 324 g/mol. The van der Waals surface area contributed by atoms with E-state index in [0.29, 0.717) is 6.42 Å². The number of nitrogens with one attached hydrogen (secondary N) is 1. The van der Waals surface area contributed by atoms with Gasteiger partial charge < -0.3 is 5.32 Å². The summed E-state index contributed by atoms with van der Waals surface area (Å²) >= 11 is 3.44. The van der Waals surface area contributed by atoms with E-state index in [1.807, 2.05) is 14.0 Å². The first-order chi connectivity index (χ1) is 9.51. The van der Waals surface area contributed by atoms with Crippen LogP contribution < -0.4 is 5.32 Å². The standard InChI is InChI=1S/C16H16BrF2N/c1-10-7-12(18)3-5-14(10)16(20-2)9-11-8-13(19)4-6-15(11)17/h3-8,16,20H,9H2,1-2H3. The molecule has 106 valence electrons. The molecule has 0 spiro atoms. The highest BCUT2D eigenvalue weighted by molar-refractivity contribution is 9.10. The number of hydrogen-bond donors (Lipinski definition) is 1. The van der Waals surface area contributed by atoms with Crippen molar-refractivity contribution in [3.05, 3.63) is 69.2 Å². The lowest BCUT2D eigenvalue weighted by Gasteiger charge is -2.20. The molecule has 4 heteroatoms. The zero-order valence-electron chi connectivity index (χ0n) is 11.4. The average molecular weight is 340 g/mol. The lowest BCUT2D eigenvalue weighted by Crippen LogP contribution is -2.20. The fraction of sp³-hybridized carbons (Fsp3) is 0.250. The van der Waals surface area contributed by atoms with Crippen molar-refractivity contribution in [3.8, 4) is 0 Å². The molecule has 2 aromatic rings. The minimum absolute atomic E-state index is 0.00806. The maximum atomic E-state index is 13.3. The van der Waals surface area contributed by atoms with Crippen LogP contribution in [0.15, 0.2) is 40.9 Å². The summed E-state index contributed by atoms with van der Waals surface area (Å²) in [6.07, 6.45) is 0.626. The van der Waals surface area contributed by atoms with E-state index in [0.717, 1.165) is 21.2 Å². The Morgan fingerprint density at radius 1 is 1.10 bits per heavy atom. The monoisotopic (exact) mass is 339 g/mol. The normalized spacial score (nSPS) is 12.4. The van der Waals surface area contributed by atoms with Crippen molar-refractivity contribution in [2.45, 2.75) is 19.4 Å². The van der Waals surface area contributed by atoms with Crippen LogP contribution >= 0.6 is 15.9 Å². The van der Waals surface area contributed by atoms with Gasteiger partial charge in [-0.1, -0.05) is 22.0 Å². The number of benzene rings is 2. The van der Waals surface area contributed by atoms with Crippen LogP contribution in [0, 0.1) is 18.6 Å². The minimum atomic E-state index is -0.256. The maximum absolute atomic E-state index is 13.3. The van der Waals surface area contributed by atoms with Crippen LogP contribution in [0.2, 0.25) is 0 Å². The molecule has 0 aromatic heterocycles. The molecular formula is C16H16BrF2N. The van der Waals surface area contributed by atoms with E-state index >= 15 is 0 Å². The molecule has 2 aromatic carbocycles. The van der Waals surface area contributed by atoms with E-state index < -0.39 is 0 Å². The highest BCUT2D eigenvalue weighted by Gasteiger charge is 2.15. The molecule has 0 heterocycles. The molecule has 0 fully saturated rings. The van der Waals surface area contributed by atoms with Crippen LogP contribution in [0.5, 0.6) is 0 Å². The van der Waals surface area contributed by atoms with Gasteiger partial charge in [0, 0.05) is 10.5 Å². The van der Waals surface area contributed by atoms with E-state index in [1.165, 1.54) is 24.3 Å². The molecule has 20 heavy (non-hydrogen) atoms. The molecule has 0 amide bonds. The summed E-state index contributed by atoms with van der Waals surface area (Å²) in [4.78, 5) is 0. The van der Waals surface area contributed by atoms with E-state index in [2.05, 4.69) is 21.2 Å². The molecule has 1 nitrogen and oxygen atoms in total. The largest absolute Gasteiger partial charge is 0.313 e. The van der Waals surface area contributed by atoms with Crippen molar-refractivity contribution >= 4 is 15.9 Å². The molecule has 1 atom stereocenters. The highest BCUT2D eigenvalue weighted by Crippen LogP contribution is 2.26. The zero-order valence-corrected chi connectivity index (χ0v) is 13.0. The number of rotatable bonds is 4. The van der Waals surface area contributed by atoms with E-state index in [9.17, 15) is 8.78 Å². The fourth-order valence-corrected chi connectivity index (χ4v) is 2.73. The fourth-order valence-electron chi connectivity index (χ4n) is 2.32. The van der Waals surface area contributed by atoms with Gasteiger partial charge in [0.25, 0.3) is 0 Å². The average Bonchev–Trinajstić information content (AvgIpc) is 2.40. The van der Waals surface area contributed by atoms with Gasteiger partial charge in [-0.3, -0.25) is 0 Å². The van der Waals surface area contributed by atoms with Crippen LogP contribution in [-0.4, -0.2) is 7.05 Å². The van der Waals surface area contributed by atoms with Gasteiger partial charge >= 0.3 is 0 Å². The lowest BCUT2D eigenvalue weighted by molar-refractivity contribution is 0.575. The van der Waals surface area contributed by atoms with Gasteiger partial charge in [0.1, 0.15) is 11.6 Å². The molecule has 2 rings (SSSR count). The molecule has 0 aliphatic heterocycles. The SMILES string of the molecule is CNC(Cc1cc(F)ccc1Br)c1ccc(F)cc1C. The van der Waals surface area contributed by atoms with Crippen LogP contribution in [0.3, 0.4) is 0 Å². The Bertz CT molecular complexity index is 613. The third kappa shape index (κ3) is 3.44. The summed E-state index contributed by atoms with van der Waals surface area (Å²) in [6, 6.07) is 9.40. The van der Waals surface area contributed by atoms with Crippen molar-refractivity contribution in [1.29, 1.82) is 0 Å². The van der Waals surface area contributed by atoms with Crippen LogP contribution in [-0.2, 0) is 6.42 Å². The Labute approximate surface area is 126 Å². The summed E-state index contributed by atoms with van der Waals surface area (Å²) < 4.78 is 27.4. The first-order valence-electron chi connectivity index (χ1n) is 6.38. The smallest absolute Gasteiger partial charge is 0.123 e. The maximum Gasteiger partial charge on any atom is 0.123 e. The van der Waals surface area contributed by atoms with Crippen molar-refractivity contribution < 1.29 is 8.78 Å². The van der Waals surface area contributed by atoms with Gasteiger partial charge in [-0.05, 0) is 67.4 Å². The first kappa shape index (κ1) is 15.1. The molecule has 0 saturated carbocycles. The van der Waals surface area contributed by atoms with Crippen molar-refractivity contribution in [3.63, 3.8) is 0 Å². The molecule has 0 aliphatic rings. The molecule has 0 bridgehead atoms. The second-order valence-electron chi connectivity index (χ2n) is 4.78. The second-order valence-corrected chi connectivity index (χ2v) is 5.64. The van der Waals surface area contributed by atoms with E-state index in [1.54, 1.807) is 12.1 Å². The number of hydrogen-bond acceptors (Lipinski definition) is 1. The van der Waals surface area contributed by atoms with E-state index in [4.69, 9.17) is 0 Å².